The van der Waals surface area contributed by atoms with Crippen molar-refractivity contribution >= 4 is 50.8 Å². The van der Waals surface area contributed by atoms with E-state index in [-0.39, 0.29) is 0 Å². The van der Waals surface area contributed by atoms with E-state index in [1.54, 1.807) is 0 Å². The molecule has 5 aromatic carbocycles. The number of fused-ring (bicyclic) bond motifs is 7. The van der Waals surface area contributed by atoms with Crippen LogP contribution in [0.5, 0.6) is 0 Å². The van der Waals surface area contributed by atoms with E-state index >= 15 is 0 Å². The summed E-state index contributed by atoms with van der Waals surface area (Å²) in [5, 5.41) is 5.74. The zero-order valence-corrected chi connectivity index (χ0v) is 19.0. The summed E-state index contributed by atoms with van der Waals surface area (Å²) < 4.78 is 6.12. The highest BCUT2D eigenvalue weighted by Gasteiger charge is 2.21. The van der Waals surface area contributed by atoms with Crippen molar-refractivity contribution in [3.63, 3.8) is 0 Å². The Morgan fingerprint density at radius 3 is 2.23 bits per heavy atom. The van der Waals surface area contributed by atoms with Gasteiger partial charge in [-0.05, 0) is 54.1 Å². The average molecular weight is 451 g/mol. The number of rotatable bonds is 1. The molecule has 7 rings (SSSR count). The summed E-state index contributed by atoms with van der Waals surface area (Å²) in [5.74, 6) is 0. The summed E-state index contributed by atoms with van der Waals surface area (Å²) in [6, 6.07) is 40.3. The van der Waals surface area contributed by atoms with E-state index in [9.17, 15) is 0 Å². The van der Waals surface area contributed by atoms with Crippen molar-refractivity contribution in [2.75, 3.05) is 10.2 Å². The Bertz CT molecular complexity index is 1740. The van der Waals surface area contributed by atoms with Crippen molar-refractivity contribution in [3.8, 4) is 11.1 Å². The standard InChI is InChI=1S/C32H22N2O/c1-6-14-29-22(9-1)19-20-33-28-13-5-2-10-24(28)25-11-3-7-15-30(25)34(29)23-17-18-32-27(21-23)26-12-4-8-16-31(26)35-32/h1-21,33H/b20-19+. The molecular weight excluding hydrogens is 428 g/mol. The van der Waals surface area contributed by atoms with Crippen LogP contribution >= 0.6 is 0 Å². The smallest absolute Gasteiger partial charge is 0.135 e. The van der Waals surface area contributed by atoms with Crippen LogP contribution in [0.3, 0.4) is 0 Å². The summed E-state index contributed by atoms with van der Waals surface area (Å²) in [5.41, 5.74) is 9.66. The third kappa shape index (κ3) is 3.21. The van der Waals surface area contributed by atoms with E-state index in [0.717, 1.165) is 61.4 Å². The van der Waals surface area contributed by atoms with Gasteiger partial charge in [0.25, 0.3) is 0 Å². The van der Waals surface area contributed by atoms with Crippen molar-refractivity contribution in [1.29, 1.82) is 0 Å². The number of nitrogens with zero attached hydrogens (tertiary/aromatic N) is 1. The Morgan fingerprint density at radius 1 is 0.571 bits per heavy atom. The summed E-state index contributed by atoms with van der Waals surface area (Å²) in [6.45, 7) is 0. The second-order valence-electron chi connectivity index (χ2n) is 8.71. The normalized spacial score (nSPS) is 13.5. The van der Waals surface area contributed by atoms with Crippen molar-refractivity contribution in [2.24, 2.45) is 0 Å². The Kier molecular flexibility index (Phi) is 4.46. The largest absolute Gasteiger partial charge is 0.456 e. The number of anilines is 4. The number of para-hydroxylation sites is 4. The van der Waals surface area contributed by atoms with E-state index in [1.807, 2.05) is 18.3 Å². The predicted molar refractivity (Wildman–Crippen MR) is 146 cm³/mol. The second kappa shape index (κ2) is 7.93. The molecule has 0 saturated heterocycles. The fourth-order valence-electron chi connectivity index (χ4n) is 5.05. The van der Waals surface area contributed by atoms with Crippen molar-refractivity contribution < 1.29 is 4.42 Å². The highest BCUT2D eigenvalue weighted by atomic mass is 16.3. The van der Waals surface area contributed by atoms with Crippen LogP contribution in [0, 0.1) is 0 Å². The van der Waals surface area contributed by atoms with E-state index in [1.165, 1.54) is 0 Å². The van der Waals surface area contributed by atoms with Gasteiger partial charge in [-0.3, -0.25) is 0 Å². The van der Waals surface area contributed by atoms with Gasteiger partial charge >= 0.3 is 0 Å². The molecule has 0 bridgehead atoms. The molecule has 3 nitrogen and oxygen atoms in total. The lowest BCUT2D eigenvalue weighted by molar-refractivity contribution is 0.669. The number of hydrogen-bond acceptors (Lipinski definition) is 3. The molecule has 1 N–H and O–H groups in total. The van der Waals surface area contributed by atoms with Crippen LogP contribution in [-0.4, -0.2) is 0 Å². The van der Waals surface area contributed by atoms with E-state index in [2.05, 4.69) is 119 Å². The van der Waals surface area contributed by atoms with Crippen LogP contribution in [-0.2, 0) is 0 Å². The van der Waals surface area contributed by atoms with Gasteiger partial charge in [-0.25, -0.2) is 0 Å². The fourth-order valence-corrected chi connectivity index (χ4v) is 5.05. The lowest BCUT2D eigenvalue weighted by Crippen LogP contribution is -2.13. The predicted octanol–water partition coefficient (Wildman–Crippen LogP) is 9.12. The molecule has 0 unspecified atom stereocenters. The molecule has 0 spiro atoms. The monoisotopic (exact) mass is 450 g/mol. The van der Waals surface area contributed by atoms with Crippen LogP contribution < -0.4 is 10.2 Å². The van der Waals surface area contributed by atoms with Gasteiger partial charge in [0, 0.05) is 39.5 Å². The SMILES string of the molecule is C1=C/c2ccccc2N(c2ccc3oc4ccccc4c3c2)c2ccccc2-c2ccccc2N/1. The highest BCUT2D eigenvalue weighted by Crippen LogP contribution is 2.45. The molecule has 2 heterocycles. The van der Waals surface area contributed by atoms with Crippen LogP contribution in [0.15, 0.2) is 126 Å². The van der Waals surface area contributed by atoms with Crippen LogP contribution in [0.1, 0.15) is 5.56 Å². The summed E-state index contributed by atoms with van der Waals surface area (Å²) in [6.07, 6.45) is 4.16. The molecule has 3 heteroatoms. The third-order valence-electron chi connectivity index (χ3n) is 6.66. The highest BCUT2D eigenvalue weighted by molar-refractivity contribution is 6.07. The number of furan rings is 1. The molecule has 1 aliphatic rings. The molecule has 0 amide bonds. The topological polar surface area (TPSA) is 28.4 Å². The number of hydrogen-bond donors (Lipinski definition) is 1. The Hall–Kier alpha value is -4.76. The van der Waals surface area contributed by atoms with E-state index in [4.69, 9.17) is 4.42 Å². The molecule has 0 atom stereocenters. The molecule has 1 aliphatic heterocycles. The first-order valence-electron chi connectivity index (χ1n) is 11.8. The quantitative estimate of drug-likeness (QED) is 0.271. The maximum Gasteiger partial charge on any atom is 0.135 e. The minimum absolute atomic E-state index is 0.895. The van der Waals surface area contributed by atoms with E-state index in [0.29, 0.717) is 0 Å². The molecule has 0 aliphatic carbocycles. The third-order valence-corrected chi connectivity index (χ3v) is 6.66. The van der Waals surface area contributed by atoms with Crippen molar-refractivity contribution in [1.82, 2.24) is 0 Å². The van der Waals surface area contributed by atoms with Crippen molar-refractivity contribution in [3.05, 3.63) is 127 Å². The first-order chi connectivity index (χ1) is 17.4. The van der Waals surface area contributed by atoms with Gasteiger partial charge in [-0.15, -0.1) is 0 Å². The number of benzene rings is 5. The molecule has 6 aromatic rings. The minimum Gasteiger partial charge on any atom is -0.456 e. The van der Waals surface area contributed by atoms with Crippen LogP contribution in [0.4, 0.5) is 22.7 Å². The van der Waals surface area contributed by atoms with Gasteiger partial charge in [-0.2, -0.15) is 0 Å². The van der Waals surface area contributed by atoms with Crippen LogP contribution in [0.2, 0.25) is 0 Å². The minimum atomic E-state index is 0.895. The molecular formula is C32H22N2O. The van der Waals surface area contributed by atoms with Gasteiger partial charge in [-0.1, -0.05) is 72.8 Å². The summed E-state index contributed by atoms with van der Waals surface area (Å²) in [7, 11) is 0. The van der Waals surface area contributed by atoms with Gasteiger partial charge in [0.15, 0.2) is 0 Å². The number of nitrogens with one attached hydrogen (secondary N) is 1. The second-order valence-corrected chi connectivity index (χ2v) is 8.71. The summed E-state index contributed by atoms with van der Waals surface area (Å²) >= 11 is 0. The van der Waals surface area contributed by atoms with Crippen LogP contribution in [0.25, 0.3) is 39.1 Å². The zero-order chi connectivity index (χ0) is 23.2. The Labute approximate surface area is 203 Å². The fraction of sp³-hybridized carbons (Fsp3) is 0. The Balaban J connectivity index is 1.55. The first kappa shape index (κ1) is 19.7. The van der Waals surface area contributed by atoms with E-state index < -0.39 is 0 Å². The summed E-state index contributed by atoms with van der Waals surface area (Å²) in [4.78, 5) is 2.36. The van der Waals surface area contributed by atoms with Crippen molar-refractivity contribution in [2.45, 2.75) is 0 Å². The maximum absolute atomic E-state index is 6.12. The van der Waals surface area contributed by atoms with Gasteiger partial charge in [0.2, 0.25) is 0 Å². The lowest BCUT2D eigenvalue weighted by Gasteiger charge is -2.30. The average Bonchev–Trinajstić information content (AvgIpc) is 3.28. The van der Waals surface area contributed by atoms with Gasteiger partial charge < -0.3 is 14.6 Å². The molecule has 0 fully saturated rings. The molecule has 1 aromatic heterocycles. The van der Waals surface area contributed by atoms with Gasteiger partial charge in [0.05, 0.1) is 11.4 Å². The first-order valence-corrected chi connectivity index (χ1v) is 11.8. The van der Waals surface area contributed by atoms with Gasteiger partial charge in [0.1, 0.15) is 11.2 Å². The maximum atomic E-state index is 6.12. The zero-order valence-electron chi connectivity index (χ0n) is 19.0. The molecule has 35 heavy (non-hydrogen) atoms. The molecule has 0 radical (unpaired) electrons. The Morgan fingerprint density at radius 2 is 1.29 bits per heavy atom. The molecule has 166 valence electrons. The lowest BCUT2D eigenvalue weighted by atomic mass is 9.98. The molecule has 0 saturated carbocycles.